The van der Waals surface area contributed by atoms with Crippen LogP contribution in [0.15, 0.2) is 54.6 Å². The van der Waals surface area contributed by atoms with E-state index in [1.165, 1.54) is 35.6 Å². The summed E-state index contributed by atoms with van der Waals surface area (Å²) in [4.78, 5) is 15.1. The predicted octanol–water partition coefficient (Wildman–Crippen LogP) is 5.11. The fourth-order valence-corrected chi connectivity index (χ4v) is 4.07. The molecule has 0 saturated heterocycles. The molecule has 4 rings (SSSR count). The minimum Gasteiger partial charge on any atom is -0.334 e. The maximum atomic E-state index is 13.3. The number of nitrogens with zero attached hydrogens (tertiary/aromatic N) is 1. The monoisotopic (exact) mass is 355 g/mol. The van der Waals surface area contributed by atoms with Gasteiger partial charge in [-0.05, 0) is 59.3 Å². The van der Waals surface area contributed by atoms with Crippen molar-refractivity contribution >= 4 is 32.9 Å². The number of halogens is 2. The molecule has 0 bridgehead atoms. The molecule has 1 amide bonds. The van der Waals surface area contributed by atoms with E-state index >= 15 is 0 Å². The lowest BCUT2D eigenvalue weighted by molar-refractivity contribution is 0.0778. The summed E-state index contributed by atoms with van der Waals surface area (Å²) in [5.74, 6) is -0.580. The zero-order valence-corrected chi connectivity index (χ0v) is 14.2. The standard InChI is InChI=1S/C20H15F2NOS/c21-16-3-1-13(2-4-16)14-7-9-23(10-8-14)20(24)19-12-15-11-17(22)5-6-18(15)25-19/h1-7,11-12H,8-10H2. The van der Waals surface area contributed by atoms with E-state index in [1.807, 2.05) is 6.08 Å². The highest BCUT2D eigenvalue weighted by Crippen LogP contribution is 2.29. The SMILES string of the molecule is O=C(c1cc2cc(F)ccc2s1)N1CC=C(c2ccc(F)cc2)CC1. The molecule has 1 aliphatic heterocycles. The molecule has 0 unspecified atom stereocenters. The smallest absolute Gasteiger partial charge is 0.264 e. The minimum absolute atomic E-state index is 0.0315. The van der Waals surface area contributed by atoms with Gasteiger partial charge in [-0.25, -0.2) is 8.78 Å². The number of fused-ring (bicyclic) bond motifs is 1. The average Bonchev–Trinajstić information content (AvgIpc) is 3.05. The van der Waals surface area contributed by atoms with Crippen LogP contribution in [0.5, 0.6) is 0 Å². The molecule has 25 heavy (non-hydrogen) atoms. The van der Waals surface area contributed by atoms with Crippen LogP contribution in [0.2, 0.25) is 0 Å². The molecular weight excluding hydrogens is 340 g/mol. The van der Waals surface area contributed by atoms with Crippen LogP contribution in [0.3, 0.4) is 0 Å². The van der Waals surface area contributed by atoms with Gasteiger partial charge in [0.25, 0.3) is 5.91 Å². The summed E-state index contributed by atoms with van der Waals surface area (Å²) in [6, 6.07) is 12.7. The van der Waals surface area contributed by atoms with Crippen molar-refractivity contribution in [2.45, 2.75) is 6.42 Å². The minimum atomic E-state index is -0.297. The Kier molecular flexibility index (Phi) is 4.09. The Morgan fingerprint density at radius 2 is 1.76 bits per heavy atom. The summed E-state index contributed by atoms with van der Waals surface area (Å²) in [5.41, 5.74) is 2.12. The highest BCUT2D eigenvalue weighted by atomic mass is 32.1. The van der Waals surface area contributed by atoms with Gasteiger partial charge in [0.2, 0.25) is 0 Å². The third-order valence-corrected chi connectivity index (χ3v) is 5.50. The van der Waals surface area contributed by atoms with Crippen LogP contribution >= 0.6 is 11.3 Å². The molecule has 0 radical (unpaired) electrons. The molecule has 0 aliphatic carbocycles. The second-order valence-electron chi connectivity index (χ2n) is 6.03. The summed E-state index contributed by atoms with van der Waals surface area (Å²) in [5, 5.41) is 0.757. The van der Waals surface area contributed by atoms with E-state index in [0.717, 1.165) is 27.6 Å². The number of hydrogen-bond acceptors (Lipinski definition) is 2. The van der Waals surface area contributed by atoms with Crippen molar-refractivity contribution in [3.8, 4) is 0 Å². The van der Waals surface area contributed by atoms with Gasteiger partial charge in [0.1, 0.15) is 11.6 Å². The number of thiophene rings is 1. The van der Waals surface area contributed by atoms with Gasteiger partial charge >= 0.3 is 0 Å². The molecule has 0 atom stereocenters. The normalized spacial score (nSPS) is 14.6. The van der Waals surface area contributed by atoms with Gasteiger partial charge in [-0.2, -0.15) is 0 Å². The summed E-state index contributed by atoms with van der Waals surface area (Å²) in [6.45, 7) is 1.14. The van der Waals surface area contributed by atoms with Gasteiger partial charge in [-0.1, -0.05) is 18.2 Å². The van der Waals surface area contributed by atoms with E-state index in [9.17, 15) is 13.6 Å². The topological polar surface area (TPSA) is 20.3 Å². The molecule has 2 nitrogen and oxygen atoms in total. The molecule has 1 aliphatic rings. The number of hydrogen-bond donors (Lipinski definition) is 0. The van der Waals surface area contributed by atoms with Gasteiger partial charge < -0.3 is 4.90 Å². The maximum absolute atomic E-state index is 13.3. The summed E-state index contributed by atoms with van der Waals surface area (Å²) in [6.07, 6.45) is 2.75. The molecule has 0 saturated carbocycles. The lowest BCUT2D eigenvalue weighted by Gasteiger charge is -2.26. The van der Waals surface area contributed by atoms with E-state index in [-0.39, 0.29) is 17.5 Å². The largest absolute Gasteiger partial charge is 0.334 e. The summed E-state index contributed by atoms with van der Waals surface area (Å²) in [7, 11) is 0. The molecule has 126 valence electrons. The van der Waals surface area contributed by atoms with Crippen LogP contribution in [-0.2, 0) is 0 Å². The van der Waals surface area contributed by atoms with Crippen LogP contribution in [0.4, 0.5) is 8.78 Å². The Balaban J connectivity index is 1.52. The third kappa shape index (κ3) is 3.20. The Bertz CT molecular complexity index is 975. The first kappa shape index (κ1) is 16.0. The van der Waals surface area contributed by atoms with Crippen LogP contribution in [0, 0.1) is 11.6 Å². The van der Waals surface area contributed by atoms with Crippen LogP contribution in [0.25, 0.3) is 15.7 Å². The van der Waals surface area contributed by atoms with Gasteiger partial charge in [0, 0.05) is 17.8 Å². The van der Waals surface area contributed by atoms with Crippen molar-refractivity contribution in [1.82, 2.24) is 4.90 Å². The average molecular weight is 355 g/mol. The molecule has 2 aromatic carbocycles. The van der Waals surface area contributed by atoms with Crippen molar-refractivity contribution in [3.05, 3.63) is 76.7 Å². The highest BCUT2D eigenvalue weighted by Gasteiger charge is 2.21. The zero-order chi connectivity index (χ0) is 17.4. The van der Waals surface area contributed by atoms with Gasteiger partial charge in [0.05, 0.1) is 4.88 Å². The van der Waals surface area contributed by atoms with E-state index in [4.69, 9.17) is 0 Å². The Morgan fingerprint density at radius 1 is 1.00 bits per heavy atom. The first-order valence-corrected chi connectivity index (χ1v) is 8.85. The number of amides is 1. The molecule has 1 aromatic heterocycles. The second kappa shape index (κ2) is 6.41. The molecule has 0 fully saturated rings. The van der Waals surface area contributed by atoms with Crippen LogP contribution in [-0.4, -0.2) is 23.9 Å². The Labute approximate surface area is 148 Å². The second-order valence-corrected chi connectivity index (χ2v) is 7.11. The number of carbonyl (C=O) groups is 1. The van der Waals surface area contributed by atoms with Crippen molar-refractivity contribution in [2.24, 2.45) is 0 Å². The lowest BCUT2D eigenvalue weighted by atomic mass is 9.99. The van der Waals surface area contributed by atoms with Gasteiger partial charge in [-0.3, -0.25) is 4.79 Å². The molecular formula is C20H15F2NOS. The molecule has 2 heterocycles. The first-order valence-electron chi connectivity index (χ1n) is 8.03. The quantitative estimate of drug-likeness (QED) is 0.626. The maximum Gasteiger partial charge on any atom is 0.264 e. The fourth-order valence-electron chi connectivity index (χ4n) is 3.06. The Hall–Kier alpha value is -2.53. The van der Waals surface area contributed by atoms with Gasteiger partial charge in [0.15, 0.2) is 0 Å². The molecule has 0 N–H and O–H groups in total. The van der Waals surface area contributed by atoms with E-state index in [1.54, 1.807) is 29.2 Å². The number of benzene rings is 2. The van der Waals surface area contributed by atoms with Crippen molar-refractivity contribution in [3.63, 3.8) is 0 Å². The van der Waals surface area contributed by atoms with Crippen molar-refractivity contribution in [2.75, 3.05) is 13.1 Å². The van der Waals surface area contributed by atoms with Crippen LogP contribution < -0.4 is 0 Å². The lowest BCUT2D eigenvalue weighted by Crippen LogP contribution is -2.34. The summed E-state index contributed by atoms with van der Waals surface area (Å²) < 4.78 is 27.2. The van der Waals surface area contributed by atoms with E-state index < -0.39 is 0 Å². The number of rotatable bonds is 2. The van der Waals surface area contributed by atoms with Crippen molar-refractivity contribution < 1.29 is 13.6 Å². The van der Waals surface area contributed by atoms with E-state index in [2.05, 4.69) is 0 Å². The molecule has 3 aromatic rings. The van der Waals surface area contributed by atoms with E-state index in [0.29, 0.717) is 18.0 Å². The first-order chi connectivity index (χ1) is 12.1. The Morgan fingerprint density at radius 3 is 2.48 bits per heavy atom. The molecule has 0 spiro atoms. The third-order valence-electron chi connectivity index (χ3n) is 4.40. The predicted molar refractivity (Wildman–Crippen MR) is 96.7 cm³/mol. The highest BCUT2D eigenvalue weighted by molar-refractivity contribution is 7.20. The number of carbonyl (C=O) groups excluding carboxylic acids is 1. The van der Waals surface area contributed by atoms with Gasteiger partial charge in [-0.15, -0.1) is 11.3 Å². The zero-order valence-electron chi connectivity index (χ0n) is 13.3. The van der Waals surface area contributed by atoms with Crippen LogP contribution in [0.1, 0.15) is 21.7 Å². The fraction of sp³-hybridized carbons (Fsp3) is 0.150. The molecule has 5 heteroatoms. The summed E-state index contributed by atoms with van der Waals surface area (Å²) >= 11 is 1.39. The van der Waals surface area contributed by atoms with Crippen molar-refractivity contribution in [1.29, 1.82) is 0 Å².